The summed E-state index contributed by atoms with van der Waals surface area (Å²) >= 11 is -1.44. The smallest absolute Gasteiger partial charge is 0.417 e. The van der Waals surface area contributed by atoms with Crippen molar-refractivity contribution >= 4 is 28.3 Å². The van der Waals surface area contributed by atoms with Crippen LogP contribution < -0.4 is 0 Å². The van der Waals surface area contributed by atoms with Crippen LogP contribution in [0.4, 0.5) is 13.2 Å². The maximum atomic E-state index is 13.0. The van der Waals surface area contributed by atoms with E-state index in [1.807, 2.05) is 0 Å². The fourth-order valence-electron chi connectivity index (χ4n) is 2.61. The molecule has 0 aliphatic carbocycles. The van der Waals surface area contributed by atoms with Gasteiger partial charge in [0.1, 0.15) is 17.0 Å². The summed E-state index contributed by atoms with van der Waals surface area (Å²) < 4.78 is 57.4. The highest BCUT2D eigenvalue weighted by Gasteiger charge is 2.32. The molecule has 7 nitrogen and oxygen atoms in total. The lowest BCUT2D eigenvalue weighted by Gasteiger charge is -2.12. The van der Waals surface area contributed by atoms with Crippen LogP contribution in [0, 0.1) is 0 Å². The Bertz CT molecular complexity index is 1050. The van der Waals surface area contributed by atoms with Crippen LogP contribution in [0.2, 0.25) is 0 Å². The van der Waals surface area contributed by atoms with E-state index in [1.165, 1.54) is 23.8 Å². The van der Waals surface area contributed by atoms with Crippen LogP contribution in [-0.2, 0) is 29.1 Å². The Balaban J connectivity index is 2.25. The number of alkyl halides is 3. The number of imidazole rings is 1. The predicted molar refractivity (Wildman–Crippen MR) is 95.0 cm³/mol. The number of fused-ring (bicyclic) bond motifs is 1. The van der Waals surface area contributed by atoms with Crippen molar-refractivity contribution in [3.8, 4) is 11.5 Å². The maximum absolute atomic E-state index is 13.0. The summed E-state index contributed by atoms with van der Waals surface area (Å²) in [6.45, 7) is 1.71. The molecule has 0 N–H and O–H groups in total. The van der Waals surface area contributed by atoms with Crippen LogP contribution in [0.3, 0.4) is 0 Å². The summed E-state index contributed by atoms with van der Waals surface area (Å²) in [6.07, 6.45) is -3.84. The first-order chi connectivity index (χ1) is 13.2. The van der Waals surface area contributed by atoms with E-state index in [0.717, 1.165) is 12.3 Å². The third kappa shape index (κ3) is 3.54. The Kier molecular flexibility index (Phi) is 5.31. The lowest BCUT2D eigenvalue weighted by Crippen LogP contribution is -2.12. The number of aromatic nitrogens is 4. The molecule has 0 aliphatic heterocycles. The molecule has 0 aliphatic rings. The summed E-state index contributed by atoms with van der Waals surface area (Å²) in [7, 11) is 2.75. The number of aryl methyl sites for hydroxylation is 1. The van der Waals surface area contributed by atoms with E-state index in [0.29, 0.717) is 4.90 Å². The van der Waals surface area contributed by atoms with Crippen molar-refractivity contribution in [3.05, 3.63) is 35.7 Å². The van der Waals surface area contributed by atoms with E-state index < -0.39 is 28.9 Å². The lowest BCUT2D eigenvalue weighted by molar-refractivity contribution is -0.137. The van der Waals surface area contributed by atoms with Crippen molar-refractivity contribution in [3.63, 3.8) is 0 Å². The number of esters is 1. The summed E-state index contributed by atoms with van der Waals surface area (Å²) in [5, 5.41) is 0. The third-order valence-electron chi connectivity index (χ3n) is 4.01. The van der Waals surface area contributed by atoms with Gasteiger partial charge in [-0.3, -0.25) is 0 Å². The number of carbonyl (C=O) groups is 1. The molecule has 1 unspecified atom stereocenters. The molecule has 0 aromatic carbocycles. The molecule has 3 heterocycles. The van der Waals surface area contributed by atoms with E-state index in [2.05, 4.69) is 19.7 Å². The minimum Gasteiger partial charge on any atom is -0.611 e. The van der Waals surface area contributed by atoms with Gasteiger partial charge in [0.15, 0.2) is 22.1 Å². The Morgan fingerprint density at radius 1 is 1.32 bits per heavy atom. The minimum atomic E-state index is -4.56. The van der Waals surface area contributed by atoms with Gasteiger partial charge in [-0.15, -0.1) is 0 Å². The van der Waals surface area contributed by atoms with Gasteiger partial charge in [-0.2, -0.15) is 13.2 Å². The van der Waals surface area contributed by atoms with Gasteiger partial charge >= 0.3 is 12.1 Å². The van der Waals surface area contributed by atoms with Gasteiger partial charge in [0.05, 0.1) is 12.7 Å². The Labute approximate surface area is 160 Å². The second-order valence-corrected chi connectivity index (χ2v) is 7.44. The summed E-state index contributed by atoms with van der Waals surface area (Å²) in [5.74, 6) is -0.275. The number of hydrogen-bond donors (Lipinski definition) is 0. The van der Waals surface area contributed by atoms with Crippen LogP contribution in [0.15, 0.2) is 29.3 Å². The number of nitrogens with zero attached hydrogens (tertiary/aromatic N) is 4. The van der Waals surface area contributed by atoms with Crippen LogP contribution in [0.5, 0.6) is 0 Å². The van der Waals surface area contributed by atoms with Gasteiger partial charge in [0.2, 0.25) is 0 Å². The number of halogens is 3. The molecule has 28 heavy (non-hydrogen) atoms. The standard InChI is InChI=1S/C17H15F3N4O3S/c1-4-28(26)12-6-5-10(16(25)27-3)22-13(12)15-23-11-7-9(17(18,19)20)8-21-14(11)24(15)2/h5-8H,4H2,1-3H3. The zero-order chi connectivity index (χ0) is 20.6. The summed E-state index contributed by atoms with van der Waals surface area (Å²) in [4.78, 5) is 24.4. The van der Waals surface area contributed by atoms with Crippen molar-refractivity contribution in [1.29, 1.82) is 0 Å². The number of rotatable bonds is 4. The highest BCUT2D eigenvalue weighted by Crippen LogP contribution is 2.32. The average Bonchev–Trinajstić information content (AvgIpc) is 3.01. The first kappa shape index (κ1) is 20.1. The molecule has 148 valence electrons. The normalized spacial score (nSPS) is 13.0. The molecule has 0 spiro atoms. The quantitative estimate of drug-likeness (QED) is 0.483. The monoisotopic (exact) mass is 412 g/mol. The topological polar surface area (TPSA) is 93.0 Å². The lowest BCUT2D eigenvalue weighted by atomic mass is 10.2. The van der Waals surface area contributed by atoms with Crippen molar-refractivity contribution in [2.45, 2.75) is 18.0 Å². The highest BCUT2D eigenvalue weighted by molar-refractivity contribution is 7.91. The highest BCUT2D eigenvalue weighted by atomic mass is 32.2. The predicted octanol–water partition coefficient (Wildman–Crippen LogP) is 2.96. The Hall–Kier alpha value is -2.66. The number of hydrogen-bond acceptors (Lipinski definition) is 6. The molecular formula is C17H15F3N4O3S. The SMILES string of the molecule is CC[S+]([O-])c1ccc(C(=O)OC)nc1-c1nc2cc(C(F)(F)F)cnc2n1C. The molecule has 0 amide bonds. The molecule has 1 atom stereocenters. The van der Waals surface area contributed by atoms with Crippen LogP contribution >= 0.6 is 0 Å². The molecular weight excluding hydrogens is 397 g/mol. The van der Waals surface area contributed by atoms with Gasteiger partial charge in [0, 0.05) is 13.2 Å². The second-order valence-electron chi connectivity index (χ2n) is 5.73. The molecule has 0 bridgehead atoms. The van der Waals surface area contributed by atoms with E-state index in [1.54, 1.807) is 14.0 Å². The summed E-state index contributed by atoms with van der Waals surface area (Å²) in [6, 6.07) is 3.73. The summed E-state index contributed by atoms with van der Waals surface area (Å²) in [5.41, 5.74) is -0.645. The minimum absolute atomic E-state index is 0.00540. The van der Waals surface area contributed by atoms with Crippen molar-refractivity contribution in [2.75, 3.05) is 12.9 Å². The number of pyridine rings is 2. The maximum Gasteiger partial charge on any atom is 0.417 e. The fraction of sp³-hybridized carbons (Fsp3) is 0.294. The third-order valence-corrected chi connectivity index (χ3v) is 5.35. The Morgan fingerprint density at radius 3 is 2.64 bits per heavy atom. The molecule has 3 aromatic heterocycles. The molecule has 0 saturated heterocycles. The van der Waals surface area contributed by atoms with Gasteiger partial charge in [-0.25, -0.2) is 19.7 Å². The van der Waals surface area contributed by atoms with Crippen LogP contribution in [0.25, 0.3) is 22.7 Å². The molecule has 11 heteroatoms. The zero-order valence-corrected chi connectivity index (χ0v) is 15.9. The first-order valence-electron chi connectivity index (χ1n) is 8.05. The van der Waals surface area contributed by atoms with E-state index in [9.17, 15) is 22.5 Å². The van der Waals surface area contributed by atoms with Gasteiger partial charge in [0.25, 0.3) is 0 Å². The van der Waals surface area contributed by atoms with Crippen LogP contribution in [-0.4, -0.2) is 42.9 Å². The Morgan fingerprint density at radius 2 is 2.04 bits per heavy atom. The second kappa shape index (κ2) is 7.40. The molecule has 0 fully saturated rings. The van der Waals surface area contributed by atoms with Crippen LogP contribution in [0.1, 0.15) is 23.0 Å². The first-order valence-corrected chi connectivity index (χ1v) is 9.37. The van der Waals surface area contributed by atoms with Crippen molar-refractivity contribution < 1.29 is 27.3 Å². The number of ether oxygens (including phenoxy) is 1. The van der Waals surface area contributed by atoms with Gasteiger partial charge < -0.3 is 13.9 Å². The van der Waals surface area contributed by atoms with Crippen molar-refractivity contribution in [2.24, 2.45) is 7.05 Å². The molecule has 3 aromatic rings. The average molecular weight is 412 g/mol. The zero-order valence-electron chi connectivity index (χ0n) is 15.1. The number of carbonyl (C=O) groups excluding carboxylic acids is 1. The molecule has 3 rings (SSSR count). The molecule has 0 radical (unpaired) electrons. The largest absolute Gasteiger partial charge is 0.611 e. The number of methoxy groups -OCH3 is 1. The van der Waals surface area contributed by atoms with Crippen molar-refractivity contribution in [1.82, 2.24) is 19.5 Å². The van der Waals surface area contributed by atoms with E-state index in [-0.39, 0.29) is 34.1 Å². The van der Waals surface area contributed by atoms with E-state index in [4.69, 9.17) is 0 Å². The van der Waals surface area contributed by atoms with Gasteiger partial charge in [-0.05, 0) is 36.3 Å². The van der Waals surface area contributed by atoms with Gasteiger partial charge in [-0.1, -0.05) is 0 Å². The van der Waals surface area contributed by atoms with E-state index >= 15 is 0 Å². The fourth-order valence-corrected chi connectivity index (χ4v) is 3.49. The molecule has 0 saturated carbocycles.